The molecular weight excluding hydrogens is 198 g/mol. The summed E-state index contributed by atoms with van der Waals surface area (Å²) in [6.45, 7) is 6.99. The Balaban J connectivity index is 2.04. The van der Waals surface area contributed by atoms with Crippen LogP contribution in [0.15, 0.2) is 0 Å². The van der Waals surface area contributed by atoms with Crippen LogP contribution in [0.4, 0.5) is 0 Å². The van der Waals surface area contributed by atoms with Gasteiger partial charge in [-0.3, -0.25) is 4.79 Å². The molecule has 3 atom stereocenters. The molecule has 1 N–H and O–H groups in total. The topological polar surface area (TPSA) is 29.1 Å². The first-order chi connectivity index (χ1) is 7.57. The monoisotopic (exact) mass is 223 g/mol. The van der Waals surface area contributed by atoms with E-state index in [9.17, 15) is 4.79 Å². The maximum absolute atomic E-state index is 10.7. The Labute approximate surface area is 99.2 Å². The molecule has 0 saturated heterocycles. The van der Waals surface area contributed by atoms with Crippen molar-refractivity contribution >= 4 is 6.41 Å². The lowest BCUT2D eigenvalue weighted by Gasteiger charge is -2.44. The van der Waals surface area contributed by atoms with Crippen molar-refractivity contribution in [1.82, 2.24) is 5.32 Å². The quantitative estimate of drug-likeness (QED) is 0.729. The molecule has 0 aliphatic heterocycles. The predicted molar refractivity (Wildman–Crippen MR) is 66.0 cm³/mol. The Morgan fingerprint density at radius 1 is 1.31 bits per heavy atom. The standard InChI is InChI=1S/C14H25NO/c1-10(2)12-6-7-14(3,11-4-5-11)8-13(12)15-9-16/h9-13H,4-8H2,1-3H3,(H,15,16). The summed E-state index contributed by atoms with van der Waals surface area (Å²) in [7, 11) is 0. The molecule has 0 spiro atoms. The smallest absolute Gasteiger partial charge is 0.207 e. The molecule has 1 amide bonds. The Bertz CT molecular complexity index is 259. The van der Waals surface area contributed by atoms with Crippen molar-refractivity contribution in [1.29, 1.82) is 0 Å². The molecule has 0 aromatic carbocycles. The maximum atomic E-state index is 10.7. The van der Waals surface area contributed by atoms with E-state index in [0.717, 1.165) is 12.3 Å². The van der Waals surface area contributed by atoms with Gasteiger partial charge in [0.2, 0.25) is 6.41 Å². The summed E-state index contributed by atoms with van der Waals surface area (Å²) >= 11 is 0. The molecule has 2 aliphatic carbocycles. The van der Waals surface area contributed by atoms with Crippen LogP contribution in [-0.2, 0) is 4.79 Å². The van der Waals surface area contributed by atoms with E-state index in [1.807, 2.05) is 0 Å². The van der Waals surface area contributed by atoms with Gasteiger partial charge in [-0.15, -0.1) is 0 Å². The van der Waals surface area contributed by atoms with Gasteiger partial charge in [-0.05, 0) is 55.3 Å². The number of hydrogen-bond acceptors (Lipinski definition) is 1. The minimum absolute atomic E-state index is 0.414. The van der Waals surface area contributed by atoms with E-state index >= 15 is 0 Å². The van der Waals surface area contributed by atoms with Crippen LogP contribution in [0.1, 0.15) is 52.9 Å². The van der Waals surface area contributed by atoms with Gasteiger partial charge in [0.05, 0.1) is 0 Å². The van der Waals surface area contributed by atoms with E-state index in [1.54, 1.807) is 0 Å². The van der Waals surface area contributed by atoms with Crippen molar-refractivity contribution in [3.05, 3.63) is 0 Å². The number of nitrogens with one attached hydrogen (secondary N) is 1. The summed E-state index contributed by atoms with van der Waals surface area (Å²) in [5, 5.41) is 3.07. The van der Waals surface area contributed by atoms with Crippen molar-refractivity contribution in [3.63, 3.8) is 0 Å². The van der Waals surface area contributed by atoms with Crippen LogP contribution in [0.2, 0.25) is 0 Å². The van der Waals surface area contributed by atoms with Crippen molar-refractivity contribution < 1.29 is 4.79 Å². The Morgan fingerprint density at radius 3 is 2.50 bits per heavy atom. The van der Waals surface area contributed by atoms with Gasteiger partial charge in [-0.2, -0.15) is 0 Å². The van der Waals surface area contributed by atoms with E-state index in [4.69, 9.17) is 0 Å². The first-order valence-corrected chi connectivity index (χ1v) is 6.76. The molecule has 3 unspecified atom stereocenters. The van der Waals surface area contributed by atoms with Crippen molar-refractivity contribution in [2.24, 2.45) is 23.2 Å². The molecular formula is C14H25NO. The van der Waals surface area contributed by atoms with E-state index in [2.05, 4.69) is 26.1 Å². The van der Waals surface area contributed by atoms with Gasteiger partial charge < -0.3 is 5.32 Å². The van der Waals surface area contributed by atoms with Gasteiger partial charge >= 0.3 is 0 Å². The summed E-state index contributed by atoms with van der Waals surface area (Å²) in [6.07, 6.45) is 7.57. The predicted octanol–water partition coefficient (Wildman–Crippen LogP) is 2.97. The molecule has 0 aromatic rings. The van der Waals surface area contributed by atoms with Crippen molar-refractivity contribution in [3.8, 4) is 0 Å². The highest BCUT2D eigenvalue weighted by molar-refractivity contribution is 5.46. The first kappa shape index (κ1) is 11.9. The maximum Gasteiger partial charge on any atom is 0.207 e. The molecule has 2 rings (SSSR count). The number of hydrogen-bond donors (Lipinski definition) is 1. The van der Waals surface area contributed by atoms with Crippen LogP contribution in [0.3, 0.4) is 0 Å². The fourth-order valence-corrected chi connectivity index (χ4v) is 3.67. The summed E-state index contributed by atoms with van der Waals surface area (Å²) in [5.74, 6) is 2.30. The number of carbonyl (C=O) groups excluding carboxylic acids is 1. The molecule has 92 valence electrons. The molecule has 0 bridgehead atoms. The molecule has 2 saturated carbocycles. The van der Waals surface area contributed by atoms with Crippen molar-refractivity contribution in [2.45, 2.75) is 58.9 Å². The zero-order valence-corrected chi connectivity index (χ0v) is 10.8. The first-order valence-electron chi connectivity index (χ1n) is 6.76. The molecule has 16 heavy (non-hydrogen) atoms. The van der Waals surface area contributed by atoms with Gasteiger partial charge in [0.25, 0.3) is 0 Å². The van der Waals surface area contributed by atoms with Crippen molar-refractivity contribution in [2.75, 3.05) is 0 Å². The van der Waals surface area contributed by atoms with Crippen LogP contribution in [-0.4, -0.2) is 12.5 Å². The van der Waals surface area contributed by atoms with E-state index in [0.29, 0.717) is 23.3 Å². The molecule has 0 radical (unpaired) electrons. The normalized spacial score (nSPS) is 39.8. The van der Waals surface area contributed by atoms with Gasteiger partial charge in [-0.1, -0.05) is 20.8 Å². The van der Waals surface area contributed by atoms with Gasteiger partial charge in [0.1, 0.15) is 0 Å². The number of amides is 1. The molecule has 2 heteroatoms. The van der Waals surface area contributed by atoms with Crippen LogP contribution in [0.25, 0.3) is 0 Å². The zero-order chi connectivity index (χ0) is 11.8. The second-order valence-corrected chi connectivity index (χ2v) is 6.47. The van der Waals surface area contributed by atoms with E-state index in [1.165, 1.54) is 32.1 Å². The third-order valence-corrected chi connectivity index (χ3v) is 4.95. The zero-order valence-electron chi connectivity index (χ0n) is 10.8. The summed E-state index contributed by atoms with van der Waals surface area (Å²) < 4.78 is 0. The van der Waals surface area contributed by atoms with Crippen LogP contribution in [0.5, 0.6) is 0 Å². The number of rotatable bonds is 4. The highest BCUT2D eigenvalue weighted by Gasteiger charge is 2.47. The number of carbonyl (C=O) groups is 1. The average Bonchev–Trinajstić information content (AvgIpc) is 3.01. The third-order valence-electron chi connectivity index (χ3n) is 4.95. The molecule has 0 heterocycles. The fraction of sp³-hybridized carbons (Fsp3) is 0.929. The fourth-order valence-electron chi connectivity index (χ4n) is 3.67. The summed E-state index contributed by atoms with van der Waals surface area (Å²) in [5.41, 5.74) is 0.506. The van der Waals surface area contributed by atoms with Crippen LogP contribution >= 0.6 is 0 Å². The Morgan fingerprint density at radius 2 is 2.00 bits per heavy atom. The third kappa shape index (κ3) is 2.26. The second-order valence-electron chi connectivity index (χ2n) is 6.47. The average molecular weight is 223 g/mol. The van der Waals surface area contributed by atoms with E-state index < -0.39 is 0 Å². The summed E-state index contributed by atoms with van der Waals surface area (Å²) in [6, 6.07) is 0.414. The lowest BCUT2D eigenvalue weighted by Crippen LogP contribution is -2.46. The molecule has 0 aromatic heterocycles. The molecule has 2 fully saturated rings. The molecule has 2 nitrogen and oxygen atoms in total. The highest BCUT2D eigenvalue weighted by atomic mass is 16.1. The van der Waals surface area contributed by atoms with Gasteiger partial charge in [0.15, 0.2) is 0 Å². The summed E-state index contributed by atoms with van der Waals surface area (Å²) in [4.78, 5) is 10.7. The van der Waals surface area contributed by atoms with E-state index in [-0.39, 0.29) is 0 Å². The van der Waals surface area contributed by atoms with Crippen LogP contribution < -0.4 is 5.32 Å². The van der Waals surface area contributed by atoms with Gasteiger partial charge in [0, 0.05) is 6.04 Å². The largest absolute Gasteiger partial charge is 0.356 e. The lowest BCUT2D eigenvalue weighted by molar-refractivity contribution is -0.111. The minimum Gasteiger partial charge on any atom is -0.356 e. The SMILES string of the molecule is CC(C)C1CCC(C)(C2CC2)CC1NC=O. The van der Waals surface area contributed by atoms with Gasteiger partial charge in [-0.25, -0.2) is 0 Å². The second kappa shape index (κ2) is 4.38. The Kier molecular flexibility index (Phi) is 3.27. The molecule has 2 aliphatic rings. The van der Waals surface area contributed by atoms with Crippen LogP contribution in [0, 0.1) is 23.2 Å². The Hall–Kier alpha value is -0.530. The highest BCUT2D eigenvalue weighted by Crippen LogP contribution is 2.54. The lowest BCUT2D eigenvalue weighted by atomic mass is 9.64. The minimum atomic E-state index is 0.414.